The first kappa shape index (κ1) is 17.9. The van der Waals surface area contributed by atoms with Gasteiger partial charge in [-0.15, -0.1) is 0 Å². The van der Waals surface area contributed by atoms with Gasteiger partial charge in [-0.2, -0.15) is 0 Å². The number of nitrogens with one attached hydrogen (secondary N) is 1. The van der Waals surface area contributed by atoms with Crippen LogP contribution in [0.4, 0.5) is 4.79 Å². The van der Waals surface area contributed by atoms with Crippen LogP contribution in [-0.2, 0) is 4.74 Å². The first-order chi connectivity index (χ1) is 12.6. The Morgan fingerprint density at radius 1 is 1.00 bits per heavy atom. The van der Waals surface area contributed by atoms with Gasteiger partial charge in [0.2, 0.25) is 0 Å². The Morgan fingerprint density at radius 3 is 2.35 bits per heavy atom. The Bertz CT molecular complexity index is 877. The highest BCUT2D eigenvalue weighted by atomic mass is 16.6. The van der Waals surface area contributed by atoms with Crippen LogP contribution < -0.4 is 11.1 Å². The third-order valence-corrected chi connectivity index (χ3v) is 4.52. The summed E-state index contributed by atoms with van der Waals surface area (Å²) < 4.78 is 5.28. The van der Waals surface area contributed by atoms with Crippen LogP contribution in [0.15, 0.2) is 72.8 Å². The highest BCUT2D eigenvalue weighted by Gasteiger charge is 2.33. The Labute approximate surface area is 152 Å². The van der Waals surface area contributed by atoms with Crippen molar-refractivity contribution >= 4 is 16.9 Å². The van der Waals surface area contributed by atoms with Crippen LogP contribution in [0.1, 0.15) is 23.1 Å². The molecule has 0 aliphatic carbocycles. The van der Waals surface area contributed by atoms with E-state index in [4.69, 9.17) is 10.5 Å². The standard InChI is InChI=1S/C21H22N2O3/c1-23-20(26-21(22)25)18(19(24)15-9-3-2-4-10-15)17-13-7-11-14-8-5-6-12-16(14)17/h2-13,18-20,23-24H,1H3,(H2,22,25). The van der Waals surface area contributed by atoms with Crippen molar-refractivity contribution in [2.75, 3.05) is 7.05 Å². The third kappa shape index (κ3) is 3.69. The number of carbonyl (C=O) groups excluding carboxylic acids is 1. The molecule has 3 aromatic carbocycles. The van der Waals surface area contributed by atoms with Crippen molar-refractivity contribution in [2.45, 2.75) is 18.2 Å². The molecule has 0 radical (unpaired) electrons. The van der Waals surface area contributed by atoms with E-state index < -0.39 is 24.3 Å². The van der Waals surface area contributed by atoms with E-state index in [1.165, 1.54) is 0 Å². The molecule has 0 bridgehead atoms. The highest BCUT2D eigenvalue weighted by molar-refractivity contribution is 5.86. The maximum atomic E-state index is 11.4. The zero-order valence-corrected chi connectivity index (χ0v) is 14.5. The number of hydrogen-bond acceptors (Lipinski definition) is 4. The second kappa shape index (κ2) is 7.99. The van der Waals surface area contributed by atoms with Gasteiger partial charge in [-0.25, -0.2) is 4.79 Å². The lowest BCUT2D eigenvalue weighted by Gasteiger charge is -2.31. The third-order valence-electron chi connectivity index (χ3n) is 4.52. The van der Waals surface area contributed by atoms with Crippen molar-refractivity contribution in [3.8, 4) is 0 Å². The molecule has 0 aromatic heterocycles. The van der Waals surface area contributed by atoms with Crippen LogP contribution in [-0.4, -0.2) is 24.5 Å². The molecule has 5 nitrogen and oxygen atoms in total. The van der Waals surface area contributed by atoms with E-state index in [2.05, 4.69) is 5.32 Å². The monoisotopic (exact) mass is 350 g/mol. The molecule has 3 aromatic rings. The van der Waals surface area contributed by atoms with E-state index in [0.717, 1.165) is 21.9 Å². The van der Waals surface area contributed by atoms with E-state index in [9.17, 15) is 9.90 Å². The van der Waals surface area contributed by atoms with Crippen molar-refractivity contribution in [1.82, 2.24) is 5.32 Å². The number of fused-ring (bicyclic) bond motifs is 1. The molecular formula is C21H22N2O3. The quantitative estimate of drug-likeness (QED) is 0.596. The molecular weight excluding hydrogens is 328 g/mol. The minimum Gasteiger partial charge on any atom is -0.430 e. The van der Waals surface area contributed by atoms with Gasteiger partial charge in [0.25, 0.3) is 0 Å². The predicted molar refractivity (Wildman–Crippen MR) is 102 cm³/mol. The summed E-state index contributed by atoms with van der Waals surface area (Å²) >= 11 is 0. The molecule has 3 atom stereocenters. The number of rotatable bonds is 6. The van der Waals surface area contributed by atoms with E-state index in [1.54, 1.807) is 7.05 Å². The fraction of sp³-hybridized carbons (Fsp3) is 0.190. The lowest BCUT2D eigenvalue weighted by molar-refractivity contribution is 0.0227. The molecule has 0 heterocycles. The van der Waals surface area contributed by atoms with Crippen LogP contribution in [0.3, 0.4) is 0 Å². The number of nitrogens with two attached hydrogens (primary N) is 1. The molecule has 4 N–H and O–H groups in total. The fourth-order valence-corrected chi connectivity index (χ4v) is 3.33. The van der Waals surface area contributed by atoms with Crippen LogP contribution >= 0.6 is 0 Å². The normalized spacial score (nSPS) is 14.5. The number of benzene rings is 3. The first-order valence-corrected chi connectivity index (χ1v) is 8.46. The zero-order chi connectivity index (χ0) is 18.5. The molecule has 3 unspecified atom stereocenters. The van der Waals surface area contributed by atoms with Crippen LogP contribution in [0.2, 0.25) is 0 Å². The van der Waals surface area contributed by atoms with Gasteiger partial charge in [0, 0.05) is 0 Å². The van der Waals surface area contributed by atoms with Gasteiger partial charge >= 0.3 is 6.09 Å². The molecule has 26 heavy (non-hydrogen) atoms. The van der Waals surface area contributed by atoms with Crippen molar-refractivity contribution in [3.63, 3.8) is 0 Å². The second-order valence-electron chi connectivity index (χ2n) is 6.10. The Balaban J connectivity index is 2.14. The SMILES string of the molecule is CNC(OC(N)=O)C(c1cccc2ccccc12)C(O)c1ccccc1. The van der Waals surface area contributed by atoms with E-state index in [1.807, 2.05) is 72.8 Å². The summed E-state index contributed by atoms with van der Waals surface area (Å²) in [4.78, 5) is 11.4. The van der Waals surface area contributed by atoms with Crippen LogP contribution in [0.5, 0.6) is 0 Å². The first-order valence-electron chi connectivity index (χ1n) is 8.46. The Morgan fingerprint density at radius 2 is 1.65 bits per heavy atom. The van der Waals surface area contributed by atoms with Crippen molar-refractivity contribution in [3.05, 3.63) is 83.9 Å². The van der Waals surface area contributed by atoms with Crippen LogP contribution in [0, 0.1) is 0 Å². The summed E-state index contributed by atoms with van der Waals surface area (Å²) in [6.45, 7) is 0. The average molecular weight is 350 g/mol. The summed E-state index contributed by atoms with van der Waals surface area (Å²) in [5, 5.41) is 16.1. The largest absolute Gasteiger partial charge is 0.430 e. The molecule has 0 fully saturated rings. The Kier molecular flexibility index (Phi) is 5.51. The minimum atomic E-state index is -0.894. The van der Waals surface area contributed by atoms with Crippen molar-refractivity contribution < 1.29 is 14.6 Å². The molecule has 0 saturated heterocycles. The Hall–Kier alpha value is -2.89. The summed E-state index contributed by atoms with van der Waals surface area (Å²) in [6.07, 6.45) is -2.57. The number of primary amides is 1. The number of amides is 1. The van der Waals surface area contributed by atoms with Gasteiger partial charge < -0.3 is 15.6 Å². The van der Waals surface area contributed by atoms with Gasteiger partial charge in [-0.05, 0) is 28.9 Å². The smallest absolute Gasteiger partial charge is 0.406 e. The van der Waals surface area contributed by atoms with Gasteiger partial charge in [0.05, 0.1) is 12.0 Å². The molecule has 3 rings (SSSR count). The van der Waals surface area contributed by atoms with E-state index >= 15 is 0 Å². The number of aliphatic hydroxyl groups is 1. The maximum Gasteiger partial charge on any atom is 0.406 e. The number of carbonyl (C=O) groups is 1. The number of hydrogen-bond donors (Lipinski definition) is 3. The molecule has 0 aliphatic rings. The summed E-state index contributed by atoms with van der Waals surface area (Å²) in [5.41, 5.74) is 6.86. The minimum absolute atomic E-state index is 0.541. The molecule has 0 spiro atoms. The van der Waals surface area contributed by atoms with Gasteiger partial charge in [-0.3, -0.25) is 5.32 Å². The zero-order valence-electron chi connectivity index (χ0n) is 14.5. The van der Waals surface area contributed by atoms with Gasteiger partial charge in [0.1, 0.15) is 0 Å². The van der Waals surface area contributed by atoms with E-state index in [-0.39, 0.29) is 0 Å². The molecule has 0 aliphatic heterocycles. The van der Waals surface area contributed by atoms with E-state index in [0.29, 0.717) is 0 Å². The molecule has 134 valence electrons. The van der Waals surface area contributed by atoms with Gasteiger partial charge in [-0.1, -0.05) is 72.8 Å². The number of ether oxygens (including phenoxy) is 1. The number of aliphatic hydroxyl groups excluding tert-OH is 1. The lowest BCUT2D eigenvalue weighted by Crippen LogP contribution is -2.40. The predicted octanol–water partition coefficient (Wildman–Crippen LogP) is 3.30. The second-order valence-corrected chi connectivity index (χ2v) is 6.10. The summed E-state index contributed by atoms with van der Waals surface area (Å²) in [5.74, 6) is -0.541. The van der Waals surface area contributed by atoms with Crippen molar-refractivity contribution in [2.24, 2.45) is 5.73 Å². The maximum absolute atomic E-state index is 11.4. The summed E-state index contributed by atoms with van der Waals surface area (Å²) in [7, 11) is 1.67. The lowest BCUT2D eigenvalue weighted by atomic mass is 9.85. The molecule has 0 saturated carbocycles. The average Bonchev–Trinajstić information content (AvgIpc) is 2.67. The molecule has 1 amide bonds. The topological polar surface area (TPSA) is 84.6 Å². The highest BCUT2D eigenvalue weighted by Crippen LogP contribution is 2.37. The summed E-state index contributed by atoms with van der Waals surface area (Å²) in [6, 6.07) is 23.1. The molecule has 5 heteroatoms. The van der Waals surface area contributed by atoms with Crippen molar-refractivity contribution in [1.29, 1.82) is 0 Å². The van der Waals surface area contributed by atoms with Gasteiger partial charge in [0.15, 0.2) is 6.23 Å². The van der Waals surface area contributed by atoms with Crippen LogP contribution in [0.25, 0.3) is 10.8 Å². The number of likely N-dealkylation sites (N-methyl/N-ethyl adjacent to an activating group) is 1. The fourth-order valence-electron chi connectivity index (χ4n) is 3.33.